The van der Waals surface area contributed by atoms with Crippen LogP contribution in [0.25, 0.3) is 15.9 Å². The smallest absolute Gasteiger partial charge is 0.245 e. The van der Waals surface area contributed by atoms with E-state index < -0.39 is 10.0 Å². The SMILES string of the molecule is Cc1ccc(S(=O)(=O)[N-][n+]2c(C)n(C)c3ccccc32)cc1. The van der Waals surface area contributed by atoms with E-state index in [2.05, 4.69) is 4.83 Å². The molecule has 0 amide bonds. The number of hydrogen-bond acceptors (Lipinski definition) is 2. The summed E-state index contributed by atoms with van der Waals surface area (Å²) >= 11 is 0. The molecule has 114 valence electrons. The number of fused-ring (bicyclic) bond motifs is 1. The minimum Gasteiger partial charge on any atom is -0.409 e. The van der Waals surface area contributed by atoms with Crippen LogP contribution in [0, 0.1) is 13.8 Å². The van der Waals surface area contributed by atoms with Gasteiger partial charge in [0.2, 0.25) is 5.82 Å². The van der Waals surface area contributed by atoms with Crippen LogP contribution in [-0.4, -0.2) is 13.0 Å². The van der Waals surface area contributed by atoms with Crippen molar-refractivity contribution in [2.45, 2.75) is 18.7 Å². The molecule has 0 radical (unpaired) electrons. The summed E-state index contributed by atoms with van der Waals surface area (Å²) in [6.45, 7) is 3.76. The molecule has 6 heteroatoms. The highest BCUT2D eigenvalue weighted by Gasteiger charge is 2.17. The van der Waals surface area contributed by atoms with Gasteiger partial charge in [0.05, 0.1) is 11.9 Å². The van der Waals surface area contributed by atoms with Crippen molar-refractivity contribution in [2.24, 2.45) is 7.05 Å². The maximum atomic E-state index is 12.5. The van der Waals surface area contributed by atoms with Crippen molar-refractivity contribution in [3.05, 3.63) is 64.7 Å². The van der Waals surface area contributed by atoms with E-state index in [-0.39, 0.29) is 4.90 Å². The maximum absolute atomic E-state index is 12.5. The molecular weight excluding hydrogens is 298 g/mol. The molecule has 5 nitrogen and oxygen atoms in total. The summed E-state index contributed by atoms with van der Waals surface area (Å²) in [5, 5.41) is 0. The second-order valence-electron chi connectivity index (χ2n) is 5.28. The summed E-state index contributed by atoms with van der Waals surface area (Å²) in [4.78, 5) is 4.20. The molecule has 0 saturated carbocycles. The lowest BCUT2D eigenvalue weighted by Crippen LogP contribution is -2.34. The van der Waals surface area contributed by atoms with Gasteiger partial charge in [0.1, 0.15) is 0 Å². The molecule has 0 unspecified atom stereocenters. The molecule has 1 aromatic heterocycles. The first-order chi connectivity index (χ1) is 10.4. The summed E-state index contributed by atoms with van der Waals surface area (Å²) in [5.74, 6) is 0.747. The second kappa shape index (κ2) is 5.14. The zero-order valence-corrected chi connectivity index (χ0v) is 13.5. The summed E-state index contributed by atoms with van der Waals surface area (Å²) in [7, 11) is -1.87. The maximum Gasteiger partial charge on any atom is 0.245 e. The largest absolute Gasteiger partial charge is 0.409 e. The minimum absolute atomic E-state index is 0.193. The molecule has 3 aromatic rings. The highest BCUT2D eigenvalue weighted by Crippen LogP contribution is 2.19. The van der Waals surface area contributed by atoms with Crippen LogP contribution < -0.4 is 4.68 Å². The number of aromatic nitrogens is 2. The van der Waals surface area contributed by atoms with Gasteiger partial charge in [-0.1, -0.05) is 29.8 Å². The lowest BCUT2D eigenvalue weighted by Gasteiger charge is -2.18. The highest BCUT2D eigenvalue weighted by molar-refractivity contribution is 7.93. The Kier molecular flexibility index (Phi) is 3.41. The van der Waals surface area contributed by atoms with Crippen molar-refractivity contribution >= 4 is 21.1 Å². The Balaban J connectivity index is 2.10. The van der Waals surface area contributed by atoms with E-state index in [4.69, 9.17) is 0 Å². The van der Waals surface area contributed by atoms with Gasteiger partial charge in [-0.05, 0) is 31.2 Å². The van der Waals surface area contributed by atoms with E-state index in [1.807, 2.05) is 49.7 Å². The Labute approximate surface area is 129 Å². The van der Waals surface area contributed by atoms with Crippen molar-refractivity contribution < 1.29 is 13.1 Å². The predicted octanol–water partition coefficient (Wildman–Crippen LogP) is 2.61. The standard InChI is InChI=1S/C16H17N3O2S/c1-12-8-10-14(11-9-12)22(20,21)17-19-13(2)18(3)15-6-4-5-7-16(15)19/h4-11H,1-3H3. The number of nitrogens with zero attached hydrogens (tertiary/aromatic N) is 3. The Morgan fingerprint density at radius 2 is 1.64 bits per heavy atom. The molecule has 2 aromatic carbocycles. The predicted molar refractivity (Wildman–Crippen MR) is 85.0 cm³/mol. The molecule has 3 rings (SSSR count). The van der Waals surface area contributed by atoms with E-state index >= 15 is 0 Å². The average molecular weight is 315 g/mol. The van der Waals surface area contributed by atoms with Crippen LogP contribution in [-0.2, 0) is 17.1 Å². The van der Waals surface area contributed by atoms with E-state index in [1.54, 1.807) is 24.3 Å². The zero-order valence-electron chi connectivity index (χ0n) is 12.7. The second-order valence-corrected chi connectivity index (χ2v) is 6.86. The zero-order chi connectivity index (χ0) is 15.9. The van der Waals surface area contributed by atoms with Gasteiger partial charge in [0.25, 0.3) is 0 Å². The van der Waals surface area contributed by atoms with Crippen LogP contribution in [0.2, 0.25) is 0 Å². The number of hydrogen-bond donors (Lipinski definition) is 0. The highest BCUT2D eigenvalue weighted by atomic mass is 32.2. The van der Waals surface area contributed by atoms with E-state index in [9.17, 15) is 8.42 Å². The molecule has 0 bridgehead atoms. The first-order valence-electron chi connectivity index (χ1n) is 6.91. The Hall–Kier alpha value is -2.34. The van der Waals surface area contributed by atoms with E-state index in [0.717, 1.165) is 22.4 Å². The van der Waals surface area contributed by atoms with Crippen LogP contribution in [0.3, 0.4) is 0 Å². The van der Waals surface area contributed by atoms with E-state index in [1.165, 1.54) is 4.68 Å². The third-order valence-corrected chi connectivity index (χ3v) is 5.02. The number of aryl methyl sites for hydroxylation is 2. The topological polar surface area (TPSA) is 57.1 Å². The number of benzene rings is 2. The van der Waals surface area contributed by atoms with Gasteiger partial charge < -0.3 is 4.83 Å². The van der Waals surface area contributed by atoms with Crippen LogP contribution >= 0.6 is 0 Å². The Morgan fingerprint density at radius 1 is 1.00 bits per heavy atom. The van der Waals surface area contributed by atoms with Crippen molar-refractivity contribution in [3.63, 3.8) is 0 Å². The number of para-hydroxylation sites is 2. The minimum atomic E-state index is -3.76. The normalized spacial score (nSPS) is 11.8. The van der Waals surface area contributed by atoms with Crippen molar-refractivity contribution in [2.75, 3.05) is 0 Å². The summed E-state index contributed by atoms with van der Waals surface area (Å²) in [6.07, 6.45) is 0. The molecule has 0 spiro atoms. The third-order valence-electron chi connectivity index (χ3n) is 3.77. The number of rotatable bonds is 3. The molecule has 0 N–H and O–H groups in total. The third kappa shape index (κ3) is 2.35. The molecule has 0 aliphatic rings. The van der Waals surface area contributed by atoms with Crippen molar-refractivity contribution in [1.29, 1.82) is 0 Å². The molecule has 0 fully saturated rings. The average Bonchev–Trinajstić information content (AvgIpc) is 2.73. The van der Waals surface area contributed by atoms with Gasteiger partial charge in [0, 0.05) is 6.92 Å². The van der Waals surface area contributed by atoms with Crippen LogP contribution in [0.15, 0.2) is 53.4 Å². The summed E-state index contributed by atoms with van der Waals surface area (Å²) < 4.78 is 28.4. The Morgan fingerprint density at radius 3 is 2.32 bits per heavy atom. The van der Waals surface area contributed by atoms with Crippen molar-refractivity contribution in [1.82, 2.24) is 4.57 Å². The van der Waals surface area contributed by atoms with Gasteiger partial charge in [-0.25, -0.2) is 13.0 Å². The number of imidazole rings is 1. The first-order valence-corrected chi connectivity index (χ1v) is 8.35. The fraction of sp³-hybridized carbons (Fsp3) is 0.188. The monoisotopic (exact) mass is 315 g/mol. The Bertz CT molecular complexity index is 941. The summed E-state index contributed by atoms with van der Waals surface area (Å²) in [5.41, 5.74) is 2.70. The molecular formula is C16H17N3O2S. The molecule has 0 saturated heterocycles. The van der Waals surface area contributed by atoms with Gasteiger partial charge in [-0.2, -0.15) is 0 Å². The molecule has 0 aliphatic heterocycles. The molecule has 0 aliphatic carbocycles. The molecule has 1 heterocycles. The van der Waals surface area contributed by atoms with Gasteiger partial charge in [0.15, 0.2) is 21.1 Å². The number of sulfonamides is 1. The van der Waals surface area contributed by atoms with Gasteiger partial charge in [-0.3, -0.25) is 4.68 Å². The fourth-order valence-electron chi connectivity index (χ4n) is 2.39. The van der Waals surface area contributed by atoms with Gasteiger partial charge in [-0.15, -0.1) is 0 Å². The molecule has 0 atom stereocenters. The van der Waals surface area contributed by atoms with Crippen molar-refractivity contribution in [3.8, 4) is 0 Å². The molecule has 22 heavy (non-hydrogen) atoms. The van der Waals surface area contributed by atoms with Gasteiger partial charge >= 0.3 is 0 Å². The van der Waals surface area contributed by atoms with Crippen LogP contribution in [0.5, 0.6) is 0 Å². The fourth-order valence-corrected chi connectivity index (χ4v) is 3.38. The van der Waals surface area contributed by atoms with Crippen LogP contribution in [0.1, 0.15) is 11.4 Å². The van der Waals surface area contributed by atoms with E-state index in [0.29, 0.717) is 0 Å². The summed E-state index contributed by atoms with van der Waals surface area (Å²) in [6, 6.07) is 14.3. The van der Waals surface area contributed by atoms with Crippen LogP contribution in [0.4, 0.5) is 0 Å². The lowest BCUT2D eigenvalue weighted by atomic mass is 10.2. The lowest BCUT2D eigenvalue weighted by molar-refractivity contribution is -0.594. The quantitative estimate of drug-likeness (QED) is 0.698. The first kappa shape index (κ1) is 14.6.